The van der Waals surface area contributed by atoms with E-state index in [1.807, 2.05) is 6.07 Å². The van der Waals surface area contributed by atoms with Crippen molar-refractivity contribution in [2.45, 2.75) is 6.18 Å². The summed E-state index contributed by atoms with van der Waals surface area (Å²) in [5.41, 5.74) is -2.39. The van der Waals surface area contributed by atoms with Gasteiger partial charge >= 0.3 is 12.1 Å². The zero-order valence-electron chi connectivity index (χ0n) is 19.3. The number of benzene rings is 4. The van der Waals surface area contributed by atoms with Crippen LogP contribution in [0.3, 0.4) is 0 Å². The van der Waals surface area contributed by atoms with Crippen molar-refractivity contribution in [3.63, 3.8) is 0 Å². The van der Waals surface area contributed by atoms with Gasteiger partial charge in [0, 0.05) is 12.1 Å². The number of halogens is 4. The fraction of sp³-hybridized carbons (Fsp3) is 0.0370. The normalized spacial score (nSPS) is 11.5. The summed E-state index contributed by atoms with van der Waals surface area (Å²) in [6, 6.07) is 18.0. The molecule has 0 unspecified atom stereocenters. The first kappa shape index (κ1) is 25.7. The maximum atomic E-state index is 13.9. The van der Waals surface area contributed by atoms with E-state index < -0.39 is 45.3 Å². The molecule has 5 rings (SSSR count). The molecule has 1 aromatic heterocycles. The first-order valence-electron chi connectivity index (χ1n) is 11.0. The highest BCUT2D eigenvalue weighted by molar-refractivity contribution is 6.32. The molecular weight excluding hydrogens is 543 g/mol. The Morgan fingerprint density at radius 2 is 1.64 bits per heavy atom. The van der Waals surface area contributed by atoms with Gasteiger partial charge in [0.15, 0.2) is 0 Å². The quantitative estimate of drug-likeness (QED) is 0.0953. The van der Waals surface area contributed by atoms with Gasteiger partial charge in [-0.3, -0.25) is 14.9 Å². The molecular formula is C27H13ClF3NO7. The third kappa shape index (κ3) is 5.12. The van der Waals surface area contributed by atoms with Crippen molar-refractivity contribution in [2.75, 3.05) is 0 Å². The van der Waals surface area contributed by atoms with E-state index in [0.29, 0.717) is 5.39 Å². The zero-order chi connectivity index (χ0) is 27.9. The molecule has 39 heavy (non-hydrogen) atoms. The average molecular weight is 556 g/mol. The van der Waals surface area contributed by atoms with Crippen LogP contribution in [0.2, 0.25) is 5.02 Å². The lowest BCUT2D eigenvalue weighted by Gasteiger charge is -2.14. The van der Waals surface area contributed by atoms with E-state index in [4.69, 9.17) is 25.5 Å². The van der Waals surface area contributed by atoms with Crippen LogP contribution >= 0.6 is 11.6 Å². The highest BCUT2D eigenvalue weighted by Crippen LogP contribution is 2.39. The maximum absolute atomic E-state index is 13.9. The Kier molecular flexibility index (Phi) is 6.44. The van der Waals surface area contributed by atoms with Crippen LogP contribution in [0.4, 0.5) is 18.9 Å². The van der Waals surface area contributed by atoms with Crippen LogP contribution in [0.5, 0.6) is 17.2 Å². The van der Waals surface area contributed by atoms with Crippen LogP contribution < -0.4 is 14.9 Å². The molecule has 12 heteroatoms. The van der Waals surface area contributed by atoms with Crippen molar-refractivity contribution >= 4 is 45.0 Å². The number of alkyl halides is 3. The zero-order valence-corrected chi connectivity index (χ0v) is 20.1. The van der Waals surface area contributed by atoms with Gasteiger partial charge < -0.3 is 13.9 Å². The topological polar surface area (TPSA) is 109 Å². The van der Waals surface area contributed by atoms with Crippen molar-refractivity contribution in [3.05, 3.63) is 116 Å². The summed E-state index contributed by atoms with van der Waals surface area (Å²) in [6.45, 7) is 0. The molecule has 0 saturated heterocycles. The van der Waals surface area contributed by atoms with Gasteiger partial charge in [-0.05, 0) is 47.2 Å². The van der Waals surface area contributed by atoms with E-state index in [2.05, 4.69) is 0 Å². The molecule has 0 fully saturated rings. The Balaban J connectivity index is 1.52. The molecule has 0 spiro atoms. The van der Waals surface area contributed by atoms with E-state index in [-0.39, 0.29) is 27.5 Å². The van der Waals surface area contributed by atoms with Crippen LogP contribution in [0.25, 0.3) is 21.7 Å². The second kappa shape index (κ2) is 9.76. The minimum Gasteiger partial charge on any atom is -0.449 e. The Morgan fingerprint density at radius 3 is 2.36 bits per heavy atom. The molecule has 5 aromatic rings. The first-order valence-corrected chi connectivity index (χ1v) is 11.4. The van der Waals surface area contributed by atoms with Crippen molar-refractivity contribution in [1.82, 2.24) is 0 Å². The Morgan fingerprint density at radius 1 is 0.923 bits per heavy atom. The lowest BCUT2D eigenvalue weighted by Crippen LogP contribution is -2.15. The van der Waals surface area contributed by atoms with Crippen LogP contribution in [0, 0.1) is 10.1 Å². The number of rotatable bonds is 5. The van der Waals surface area contributed by atoms with Gasteiger partial charge in [0.25, 0.3) is 11.4 Å². The number of ether oxygens (including phenoxy) is 2. The smallest absolute Gasteiger partial charge is 0.449 e. The molecule has 0 aliphatic rings. The number of nitrogens with zero attached hydrogens (tertiary/aromatic N) is 1. The fourth-order valence-electron chi connectivity index (χ4n) is 3.79. The van der Waals surface area contributed by atoms with Crippen LogP contribution in [-0.2, 0) is 6.18 Å². The summed E-state index contributed by atoms with van der Waals surface area (Å²) in [4.78, 5) is 35.9. The number of esters is 1. The fourth-order valence-corrected chi connectivity index (χ4v) is 3.98. The SMILES string of the molecule is O=C(Oc1ccc2c(=O)c(Oc3ccc4ccccc4c3)c(C(F)(F)F)oc2c1)c1ccc(Cl)c([N+](=O)[O-])c1. The standard InChI is InChI=1S/C27H13ClF3NO7/c28-20-10-6-16(12-21(20)32(35)36)26(34)38-18-8-9-19-22(13-18)39-25(27(29,30)31)24(23(19)33)37-17-7-5-14-3-1-2-4-15(14)11-17/h1-13H. The predicted molar refractivity (Wildman–Crippen MR) is 135 cm³/mol. The van der Waals surface area contributed by atoms with Crippen molar-refractivity contribution in [3.8, 4) is 17.2 Å². The van der Waals surface area contributed by atoms with Gasteiger partial charge in [0.05, 0.1) is 15.9 Å². The van der Waals surface area contributed by atoms with Crippen molar-refractivity contribution in [2.24, 2.45) is 0 Å². The Bertz CT molecular complexity index is 1850. The van der Waals surface area contributed by atoms with Gasteiger partial charge in [-0.25, -0.2) is 4.79 Å². The van der Waals surface area contributed by atoms with Crippen LogP contribution in [-0.4, -0.2) is 10.9 Å². The van der Waals surface area contributed by atoms with E-state index in [0.717, 1.165) is 35.7 Å². The molecule has 0 atom stereocenters. The number of fused-ring (bicyclic) bond motifs is 2. The molecule has 0 radical (unpaired) electrons. The molecule has 0 amide bonds. The highest BCUT2D eigenvalue weighted by atomic mass is 35.5. The molecule has 0 saturated carbocycles. The summed E-state index contributed by atoms with van der Waals surface area (Å²) in [5, 5.41) is 12.1. The highest BCUT2D eigenvalue weighted by Gasteiger charge is 2.40. The summed E-state index contributed by atoms with van der Waals surface area (Å²) < 4.78 is 57.3. The number of carbonyl (C=O) groups is 1. The number of nitro benzene ring substituents is 1. The summed E-state index contributed by atoms with van der Waals surface area (Å²) in [5.74, 6) is -4.06. The molecule has 0 aliphatic heterocycles. The van der Waals surface area contributed by atoms with E-state index >= 15 is 0 Å². The van der Waals surface area contributed by atoms with E-state index in [1.54, 1.807) is 24.3 Å². The minimum absolute atomic E-state index is 0.00606. The number of hydrogen-bond donors (Lipinski definition) is 0. The molecule has 8 nitrogen and oxygen atoms in total. The summed E-state index contributed by atoms with van der Waals surface area (Å²) >= 11 is 5.74. The third-order valence-corrected chi connectivity index (χ3v) is 5.93. The molecule has 4 aromatic carbocycles. The predicted octanol–water partition coefficient (Wildman–Crippen LogP) is 7.54. The summed E-state index contributed by atoms with van der Waals surface area (Å²) in [7, 11) is 0. The van der Waals surface area contributed by atoms with Gasteiger partial charge in [-0.15, -0.1) is 0 Å². The van der Waals surface area contributed by atoms with Gasteiger partial charge in [0.1, 0.15) is 22.1 Å². The van der Waals surface area contributed by atoms with E-state index in [9.17, 15) is 32.9 Å². The lowest BCUT2D eigenvalue weighted by molar-refractivity contribution is -0.384. The van der Waals surface area contributed by atoms with Crippen molar-refractivity contribution < 1.29 is 36.8 Å². The minimum atomic E-state index is -5.10. The lowest BCUT2D eigenvalue weighted by atomic mass is 10.1. The second-order valence-electron chi connectivity index (χ2n) is 8.17. The second-order valence-corrected chi connectivity index (χ2v) is 8.58. The molecule has 0 N–H and O–H groups in total. The molecule has 0 bridgehead atoms. The Hall–Kier alpha value is -4.90. The maximum Gasteiger partial charge on any atom is 0.453 e. The van der Waals surface area contributed by atoms with Gasteiger partial charge in [-0.1, -0.05) is 41.9 Å². The van der Waals surface area contributed by atoms with Crippen molar-refractivity contribution in [1.29, 1.82) is 0 Å². The number of carbonyl (C=O) groups excluding carboxylic acids is 1. The summed E-state index contributed by atoms with van der Waals surface area (Å²) in [6.07, 6.45) is -5.10. The first-order chi connectivity index (χ1) is 18.5. The van der Waals surface area contributed by atoms with Crippen LogP contribution in [0.1, 0.15) is 16.1 Å². The monoisotopic (exact) mass is 555 g/mol. The van der Waals surface area contributed by atoms with E-state index in [1.165, 1.54) is 18.2 Å². The average Bonchev–Trinajstić information content (AvgIpc) is 2.89. The van der Waals surface area contributed by atoms with Gasteiger partial charge in [-0.2, -0.15) is 13.2 Å². The third-order valence-electron chi connectivity index (χ3n) is 5.61. The van der Waals surface area contributed by atoms with Gasteiger partial charge in [0.2, 0.25) is 11.2 Å². The number of nitro groups is 1. The largest absolute Gasteiger partial charge is 0.453 e. The number of hydrogen-bond acceptors (Lipinski definition) is 7. The molecule has 1 heterocycles. The Labute approximate surface area is 220 Å². The molecule has 196 valence electrons. The van der Waals surface area contributed by atoms with Crippen LogP contribution in [0.15, 0.2) is 88.1 Å². The molecule has 0 aliphatic carbocycles.